The van der Waals surface area contributed by atoms with Crippen molar-refractivity contribution >= 4 is 11.3 Å². The standard InChI is InChI=1S/C18H22N2O2S/c1-2-15(10-19-7-1)21-12-16-3-4-17-18(22-16)5-8-20(17)11-14-6-9-23-13-14/h1-2,6-7,9-10,13,16-18H,3-5,8,11-12H2/t16-,17+,18+/m1/s1. The number of rotatable bonds is 5. The molecule has 0 aromatic carbocycles. The fourth-order valence-electron chi connectivity index (χ4n) is 3.64. The number of aromatic nitrogens is 1. The van der Waals surface area contributed by atoms with E-state index >= 15 is 0 Å². The van der Waals surface area contributed by atoms with Crippen LogP contribution >= 0.6 is 11.3 Å². The minimum Gasteiger partial charge on any atom is -0.489 e. The van der Waals surface area contributed by atoms with Crippen molar-refractivity contribution in [3.05, 3.63) is 46.9 Å². The lowest BCUT2D eigenvalue weighted by molar-refractivity contribution is -0.0841. The summed E-state index contributed by atoms with van der Waals surface area (Å²) < 4.78 is 12.1. The van der Waals surface area contributed by atoms with Gasteiger partial charge in [-0.2, -0.15) is 11.3 Å². The molecular formula is C18H22N2O2S. The predicted molar refractivity (Wildman–Crippen MR) is 90.8 cm³/mol. The van der Waals surface area contributed by atoms with Gasteiger partial charge in [0.05, 0.1) is 18.4 Å². The number of hydrogen-bond donors (Lipinski definition) is 0. The van der Waals surface area contributed by atoms with Gasteiger partial charge in [-0.1, -0.05) is 0 Å². The fraction of sp³-hybridized carbons (Fsp3) is 0.500. The third-order valence-electron chi connectivity index (χ3n) is 4.79. The number of nitrogens with zero attached hydrogens (tertiary/aromatic N) is 2. The Morgan fingerprint density at radius 1 is 1.30 bits per heavy atom. The summed E-state index contributed by atoms with van der Waals surface area (Å²) in [6.45, 7) is 2.83. The van der Waals surface area contributed by atoms with Crippen molar-refractivity contribution in [2.45, 2.75) is 44.1 Å². The predicted octanol–water partition coefficient (Wildman–Crippen LogP) is 3.34. The van der Waals surface area contributed by atoms with Crippen molar-refractivity contribution < 1.29 is 9.47 Å². The van der Waals surface area contributed by atoms with E-state index in [9.17, 15) is 0 Å². The Morgan fingerprint density at radius 2 is 2.30 bits per heavy atom. The van der Waals surface area contributed by atoms with Crippen LogP contribution in [0.1, 0.15) is 24.8 Å². The molecule has 4 nitrogen and oxygen atoms in total. The van der Waals surface area contributed by atoms with Crippen LogP contribution in [0.5, 0.6) is 5.75 Å². The van der Waals surface area contributed by atoms with Gasteiger partial charge in [-0.25, -0.2) is 0 Å². The molecular weight excluding hydrogens is 308 g/mol. The first kappa shape index (κ1) is 15.1. The van der Waals surface area contributed by atoms with Crippen LogP contribution in [0.25, 0.3) is 0 Å². The maximum Gasteiger partial charge on any atom is 0.137 e. The van der Waals surface area contributed by atoms with Crippen molar-refractivity contribution in [2.75, 3.05) is 13.2 Å². The molecule has 2 fully saturated rings. The Kier molecular flexibility index (Phi) is 4.60. The second-order valence-electron chi connectivity index (χ2n) is 6.33. The normalized spacial score (nSPS) is 27.7. The van der Waals surface area contributed by atoms with Gasteiger partial charge in [0.2, 0.25) is 0 Å². The highest BCUT2D eigenvalue weighted by Crippen LogP contribution is 2.32. The van der Waals surface area contributed by atoms with E-state index in [1.165, 1.54) is 12.0 Å². The lowest BCUT2D eigenvalue weighted by Crippen LogP contribution is -2.43. The molecule has 0 bridgehead atoms. The quantitative estimate of drug-likeness (QED) is 0.842. The van der Waals surface area contributed by atoms with Crippen molar-refractivity contribution in [3.63, 3.8) is 0 Å². The van der Waals surface area contributed by atoms with Crippen LogP contribution in [-0.2, 0) is 11.3 Å². The summed E-state index contributed by atoms with van der Waals surface area (Å²) in [5.41, 5.74) is 1.43. The number of thiophene rings is 1. The topological polar surface area (TPSA) is 34.6 Å². The van der Waals surface area contributed by atoms with Crippen LogP contribution in [0.2, 0.25) is 0 Å². The van der Waals surface area contributed by atoms with E-state index in [1.807, 2.05) is 12.1 Å². The van der Waals surface area contributed by atoms with E-state index in [1.54, 1.807) is 23.7 Å². The molecule has 4 rings (SSSR count). The van der Waals surface area contributed by atoms with E-state index in [0.717, 1.165) is 31.7 Å². The minimum absolute atomic E-state index is 0.206. The summed E-state index contributed by atoms with van der Waals surface area (Å²) in [6.07, 6.45) is 7.50. The molecule has 0 aliphatic carbocycles. The molecule has 2 saturated heterocycles. The number of fused-ring (bicyclic) bond motifs is 1. The van der Waals surface area contributed by atoms with Gasteiger partial charge in [-0.05, 0) is 53.8 Å². The molecule has 0 radical (unpaired) electrons. The lowest BCUT2D eigenvalue weighted by atomic mass is 9.99. The summed E-state index contributed by atoms with van der Waals surface area (Å²) in [5.74, 6) is 0.823. The SMILES string of the molecule is c1cncc(OC[C@H]2CC[C@H]3[C@H](CCN3Cc3ccsc3)O2)c1. The molecule has 2 aliphatic heterocycles. The molecule has 2 aromatic rings. The van der Waals surface area contributed by atoms with E-state index in [4.69, 9.17) is 9.47 Å². The fourth-order valence-corrected chi connectivity index (χ4v) is 4.30. The summed E-state index contributed by atoms with van der Waals surface area (Å²) in [4.78, 5) is 6.66. The smallest absolute Gasteiger partial charge is 0.137 e. The second kappa shape index (κ2) is 6.99. The molecule has 0 amide bonds. The highest BCUT2D eigenvalue weighted by atomic mass is 32.1. The average Bonchev–Trinajstić information content (AvgIpc) is 3.24. The van der Waals surface area contributed by atoms with Gasteiger partial charge in [0.25, 0.3) is 0 Å². The number of pyridine rings is 1. The summed E-state index contributed by atoms with van der Waals surface area (Å²) >= 11 is 1.78. The Balaban J connectivity index is 1.29. The van der Waals surface area contributed by atoms with Crippen LogP contribution in [0, 0.1) is 0 Å². The van der Waals surface area contributed by atoms with Gasteiger partial charge in [0.15, 0.2) is 0 Å². The van der Waals surface area contributed by atoms with Crippen LogP contribution in [-0.4, -0.2) is 41.3 Å². The summed E-state index contributed by atoms with van der Waals surface area (Å²) in [7, 11) is 0. The Bertz CT molecular complexity index is 605. The zero-order valence-corrected chi connectivity index (χ0v) is 14.0. The maximum absolute atomic E-state index is 6.30. The van der Waals surface area contributed by atoms with E-state index < -0.39 is 0 Å². The largest absolute Gasteiger partial charge is 0.489 e. The highest BCUT2D eigenvalue weighted by molar-refractivity contribution is 7.07. The van der Waals surface area contributed by atoms with Gasteiger partial charge in [0, 0.05) is 25.3 Å². The molecule has 2 aromatic heterocycles. The highest BCUT2D eigenvalue weighted by Gasteiger charge is 2.39. The third kappa shape index (κ3) is 3.57. The summed E-state index contributed by atoms with van der Waals surface area (Å²) in [5, 5.41) is 4.41. The van der Waals surface area contributed by atoms with Crippen LogP contribution < -0.4 is 4.74 Å². The van der Waals surface area contributed by atoms with Crippen molar-refractivity contribution in [3.8, 4) is 5.75 Å². The molecule has 2 aliphatic rings. The van der Waals surface area contributed by atoms with Crippen LogP contribution in [0.3, 0.4) is 0 Å². The Morgan fingerprint density at radius 3 is 3.13 bits per heavy atom. The van der Waals surface area contributed by atoms with Crippen LogP contribution in [0.15, 0.2) is 41.4 Å². The zero-order chi connectivity index (χ0) is 15.5. The molecule has 3 atom stereocenters. The Labute approximate surface area is 141 Å². The molecule has 4 heterocycles. The first-order valence-electron chi connectivity index (χ1n) is 8.32. The molecule has 23 heavy (non-hydrogen) atoms. The van der Waals surface area contributed by atoms with Crippen molar-refractivity contribution in [2.24, 2.45) is 0 Å². The van der Waals surface area contributed by atoms with Gasteiger partial charge in [0.1, 0.15) is 12.4 Å². The molecule has 0 N–H and O–H groups in total. The molecule has 0 spiro atoms. The number of likely N-dealkylation sites (tertiary alicyclic amines) is 1. The van der Waals surface area contributed by atoms with Gasteiger partial charge < -0.3 is 9.47 Å². The summed E-state index contributed by atoms with van der Waals surface area (Å²) in [6, 6.07) is 6.64. The molecule has 5 heteroatoms. The van der Waals surface area contributed by atoms with Crippen molar-refractivity contribution in [1.82, 2.24) is 9.88 Å². The molecule has 0 unspecified atom stereocenters. The second-order valence-corrected chi connectivity index (χ2v) is 7.11. The zero-order valence-electron chi connectivity index (χ0n) is 13.1. The minimum atomic E-state index is 0.206. The first-order valence-corrected chi connectivity index (χ1v) is 9.26. The number of ether oxygens (including phenoxy) is 2. The van der Waals surface area contributed by atoms with Crippen LogP contribution in [0.4, 0.5) is 0 Å². The van der Waals surface area contributed by atoms with E-state index in [-0.39, 0.29) is 6.10 Å². The third-order valence-corrected chi connectivity index (χ3v) is 5.52. The van der Waals surface area contributed by atoms with E-state index in [0.29, 0.717) is 18.8 Å². The van der Waals surface area contributed by atoms with Gasteiger partial charge >= 0.3 is 0 Å². The lowest BCUT2D eigenvalue weighted by Gasteiger charge is -2.35. The molecule has 0 saturated carbocycles. The van der Waals surface area contributed by atoms with Gasteiger partial charge in [-0.15, -0.1) is 0 Å². The Hall–Kier alpha value is -1.43. The van der Waals surface area contributed by atoms with Gasteiger partial charge in [-0.3, -0.25) is 9.88 Å². The monoisotopic (exact) mass is 330 g/mol. The maximum atomic E-state index is 6.30. The van der Waals surface area contributed by atoms with E-state index in [2.05, 4.69) is 26.7 Å². The first-order chi connectivity index (χ1) is 11.4. The average molecular weight is 330 g/mol. The van der Waals surface area contributed by atoms with Crippen molar-refractivity contribution in [1.29, 1.82) is 0 Å². The molecule has 122 valence electrons. The number of hydrogen-bond acceptors (Lipinski definition) is 5.